The molecule has 1 N–H and O–H groups in total. The summed E-state index contributed by atoms with van der Waals surface area (Å²) in [7, 11) is 0. The molecule has 3 rings (SSSR count). The van der Waals surface area contributed by atoms with E-state index in [0.29, 0.717) is 16.2 Å². The molecule has 0 saturated heterocycles. The van der Waals surface area contributed by atoms with Gasteiger partial charge in [-0.2, -0.15) is 14.9 Å². The number of H-pyrrole nitrogens is 1. The van der Waals surface area contributed by atoms with Gasteiger partial charge in [-0.25, -0.2) is 9.49 Å². The summed E-state index contributed by atoms with van der Waals surface area (Å²) in [5.41, 5.74) is 0.350. The highest BCUT2D eigenvalue weighted by atomic mass is 32.1. The molecule has 4 nitrogen and oxygen atoms in total. The van der Waals surface area contributed by atoms with Crippen LogP contribution in [0.5, 0.6) is 0 Å². The van der Waals surface area contributed by atoms with Crippen LogP contribution in [0.3, 0.4) is 0 Å². The predicted octanol–water partition coefficient (Wildman–Crippen LogP) is 3.69. The summed E-state index contributed by atoms with van der Waals surface area (Å²) < 4.78 is 15.6. The van der Waals surface area contributed by atoms with Gasteiger partial charge in [0.2, 0.25) is 4.77 Å². The first-order valence-corrected chi connectivity index (χ1v) is 7.04. The van der Waals surface area contributed by atoms with Gasteiger partial charge in [-0.05, 0) is 35.8 Å². The van der Waals surface area contributed by atoms with E-state index in [2.05, 4.69) is 15.3 Å². The lowest BCUT2D eigenvalue weighted by atomic mass is 10.2. The Kier molecular flexibility index (Phi) is 3.53. The van der Waals surface area contributed by atoms with Gasteiger partial charge in [0.05, 0.1) is 11.8 Å². The molecule has 2 heterocycles. The fourth-order valence-corrected chi connectivity index (χ4v) is 2.45. The number of hydrogen-bond acceptors (Lipinski definition) is 4. The van der Waals surface area contributed by atoms with Gasteiger partial charge >= 0.3 is 0 Å². The van der Waals surface area contributed by atoms with Gasteiger partial charge in [0.25, 0.3) is 0 Å². The number of halogens is 1. The molecule has 0 aliphatic rings. The molecule has 0 bridgehead atoms. The third-order valence-electron chi connectivity index (χ3n) is 2.61. The van der Waals surface area contributed by atoms with Crippen LogP contribution in [0.25, 0.3) is 11.4 Å². The maximum atomic E-state index is 13.8. The van der Waals surface area contributed by atoms with Crippen molar-refractivity contribution in [3.05, 3.63) is 57.2 Å². The summed E-state index contributed by atoms with van der Waals surface area (Å²) in [5, 5.41) is 12.9. The van der Waals surface area contributed by atoms with Gasteiger partial charge in [0.15, 0.2) is 5.82 Å². The van der Waals surface area contributed by atoms with Crippen molar-refractivity contribution in [1.82, 2.24) is 14.9 Å². The zero-order valence-electron chi connectivity index (χ0n) is 10.2. The fourth-order valence-electron chi connectivity index (χ4n) is 1.70. The first-order chi connectivity index (χ1) is 9.75. The van der Waals surface area contributed by atoms with Crippen LogP contribution in [0.4, 0.5) is 4.39 Å². The maximum Gasteiger partial charge on any atom is 0.216 e. The standard InChI is InChI=1S/C13H9FN4S2/c14-11-6-2-1-5-10(11)12-16-17-13(19)18(12)15-8-9-4-3-7-20-9/h1-8H,(H,17,19)/b15-8-. The highest BCUT2D eigenvalue weighted by molar-refractivity contribution is 7.71. The molecule has 2 aromatic heterocycles. The molecule has 1 aromatic carbocycles. The number of nitrogens with zero attached hydrogens (tertiary/aromatic N) is 3. The summed E-state index contributed by atoms with van der Waals surface area (Å²) in [5.74, 6) is -0.0185. The molecule has 0 fully saturated rings. The molecule has 0 atom stereocenters. The molecule has 0 aliphatic heterocycles. The molecule has 100 valence electrons. The number of thiophene rings is 1. The Hall–Kier alpha value is -2.12. The van der Waals surface area contributed by atoms with Gasteiger partial charge in [-0.1, -0.05) is 18.2 Å². The van der Waals surface area contributed by atoms with Crippen molar-refractivity contribution in [3.8, 4) is 11.4 Å². The molecule has 7 heteroatoms. The van der Waals surface area contributed by atoms with Gasteiger partial charge in [-0.3, -0.25) is 0 Å². The Morgan fingerprint density at radius 3 is 2.90 bits per heavy atom. The summed E-state index contributed by atoms with van der Waals surface area (Å²) in [6.07, 6.45) is 1.67. The van der Waals surface area contributed by atoms with Gasteiger partial charge in [0.1, 0.15) is 5.82 Å². The topological polar surface area (TPSA) is 46.0 Å². The first kappa shape index (κ1) is 12.9. The van der Waals surface area contributed by atoms with E-state index >= 15 is 0 Å². The molecule has 0 aliphatic carbocycles. The molecule has 0 spiro atoms. The van der Waals surface area contributed by atoms with Crippen LogP contribution >= 0.6 is 23.6 Å². The van der Waals surface area contributed by atoms with Gasteiger partial charge in [0, 0.05) is 4.88 Å². The summed E-state index contributed by atoms with van der Waals surface area (Å²) in [6, 6.07) is 10.2. The maximum absolute atomic E-state index is 13.8. The Morgan fingerprint density at radius 1 is 1.30 bits per heavy atom. The number of rotatable bonds is 3. The number of benzene rings is 1. The zero-order valence-corrected chi connectivity index (χ0v) is 11.8. The van der Waals surface area contributed by atoms with E-state index in [1.807, 2.05) is 17.5 Å². The molecule has 3 aromatic rings. The SMILES string of the molecule is Fc1ccccc1-c1n[nH]c(=S)n1/N=C\c1cccs1. The number of aromatic amines is 1. The third kappa shape index (κ3) is 2.45. The molecule has 0 radical (unpaired) electrons. The van der Waals surface area contributed by atoms with Crippen LogP contribution in [-0.4, -0.2) is 21.1 Å². The van der Waals surface area contributed by atoms with E-state index in [4.69, 9.17) is 12.2 Å². The second-order valence-corrected chi connectivity index (χ2v) is 5.27. The van der Waals surface area contributed by atoms with Crippen LogP contribution in [0.15, 0.2) is 46.9 Å². The molecule has 0 amide bonds. The van der Waals surface area contributed by atoms with Crippen LogP contribution < -0.4 is 0 Å². The van der Waals surface area contributed by atoms with E-state index in [9.17, 15) is 4.39 Å². The lowest BCUT2D eigenvalue weighted by Crippen LogP contribution is -1.96. The van der Waals surface area contributed by atoms with Crippen molar-refractivity contribution < 1.29 is 4.39 Å². The molecular weight excluding hydrogens is 295 g/mol. The quantitative estimate of drug-likeness (QED) is 0.592. The number of nitrogens with one attached hydrogen (secondary N) is 1. The van der Waals surface area contributed by atoms with Crippen LogP contribution in [0.1, 0.15) is 4.88 Å². The van der Waals surface area contributed by atoms with Crippen molar-refractivity contribution in [1.29, 1.82) is 0 Å². The number of hydrogen-bond donors (Lipinski definition) is 1. The van der Waals surface area contributed by atoms with E-state index in [0.717, 1.165) is 4.88 Å². The molecule has 20 heavy (non-hydrogen) atoms. The molecular formula is C13H9FN4S2. The summed E-state index contributed by atoms with van der Waals surface area (Å²) >= 11 is 6.68. The summed E-state index contributed by atoms with van der Waals surface area (Å²) in [6.45, 7) is 0. The average molecular weight is 304 g/mol. The Bertz CT molecular complexity index is 802. The predicted molar refractivity (Wildman–Crippen MR) is 80.1 cm³/mol. The molecule has 0 unspecified atom stereocenters. The van der Waals surface area contributed by atoms with E-state index < -0.39 is 0 Å². The van der Waals surface area contributed by atoms with Crippen LogP contribution in [-0.2, 0) is 0 Å². The van der Waals surface area contributed by atoms with Crippen molar-refractivity contribution in [2.75, 3.05) is 0 Å². The minimum Gasteiger partial charge on any atom is -0.250 e. The van der Waals surface area contributed by atoms with Crippen molar-refractivity contribution in [2.24, 2.45) is 5.10 Å². The zero-order chi connectivity index (χ0) is 13.9. The highest BCUT2D eigenvalue weighted by Crippen LogP contribution is 2.20. The smallest absolute Gasteiger partial charge is 0.216 e. The van der Waals surface area contributed by atoms with Crippen molar-refractivity contribution >= 4 is 29.8 Å². The minimum atomic E-state index is -0.367. The van der Waals surface area contributed by atoms with Gasteiger partial charge < -0.3 is 0 Å². The van der Waals surface area contributed by atoms with Crippen molar-refractivity contribution in [3.63, 3.8) is 0 Å². The first-order valence-electron chi connectivity index (χ1n) is 5.76. The lowest BCUT2D eigenvalue weighted by molar-refractivity contribution is 0.628. The lowest BCUT2D eigenvalue weighted by Gasteiger charge is -2.01. The minimum absolute atomic E-state index is 0.316. The second-order valence-electron chi connectivity index (χ2n) is 3.90. The number of aromatic nitrogens is 3. The third-order valence-corrected chi connectivity index (χ3v) is 3.68. The van der Waals surface area contributed by atoms with E-state index in [1.165, 1.54) is 10.7 Å². The van der Waals surface area contributed by atoms with Gasteiger partial charge in [-0.15, -0.1) is 11.3 Å². The van der Waals surface area contributed by atoms with Crippen LogP contribution in [0, 0.1) is 10.6 Å². The highest BCUT2D eigenvalue weighted by Gasteiger charge is 2.12. The van der Waals surface area contributed by atoms with Crippen LogP contribution in [0.2, 0.25) is 0 Å². The molecule has 0 saturated carbocycles. The van der Waals surface area contributed by atoms with E-state index in [1.54, 1.807) is 35.8 Å². The Morgan fingerprint density at radius 2 is 2.15 bits per heavy atom. The largest absolute Gasteiger partial charge is 0.250 e. The fraction of sp³-hybridized carbons (Fsp3) is 0. The Balaban J connectivity index is 2.07. The van der Waals surface area contributed by atoms with E-state index in [-0.39, 0.29) is 5.82 Å². The summed E-state index contributed by atoms with van der Waals surface area (Å²) in [4.78, 5) is 0.979. The van der Waals surface area contributed by atoms with Crippen molar-refractivity contribution in [2.45, 2.75) is 0 Å². The monoisotopic (exact) mass is 304 g/mol. The average Bonchev–Trinajstić information content (AvgIpc) is 3.07. The Labute approximate surface area is 123 Å². The second kappa shape index (κ2) is 5.48. The normalized spacial score (nSPS) is 11.2.